The smallest absolute Gasteiger partial charge is 0.0950 e. The van der Waals surface area contributed by atoms with E-state index in [1.165, 1.54) is 33.4 Å². The van der Waals surface area contributed by atoms with Gasteiger partial charge in [-0.05, 0) is 30.0 Å². The second kappa shape index (κ2) is 4.52. The summed E-state index contributed by atoms with van der Waals surface area (Å²) in [5.41, 5.74) is 5.23. The zero-order valence-corrected chi connectivity index (χ0v) is 12.4. The molecule has 0 saturated heterocycles. The van der Waals surface area contributed by atoms with Gasteiger partial charge in [0.1, 0.15) is 0 Å². The highest BCUT2D eigenvalue weighted by Gasteiger charge is 2.25. The molecule has 0 unspecified atom stereocenters. The number of fused-ring (bicyclic) bond motifs is 2. The summed E-state index contributed by atoms with van der Waals surface area (Å²) in [6, 6.07) is 21.7. The number of aryl methyl sites for hydroxylation is 1. The average Bonchev–Trinajstić information content (AvgIpc) is 2.85. The molecule has 0 N–H and O–H groups in total. The fourth-order valence-electron chi connectivity index (χ4n) is 3.29. The molecular formula is C19H18N2. The molecule has 0 bridgehead atoms. The Morgan fingerprint density at radius 3 is 2.38 bits per heavy atom. The van der Waals surface area contributed by atoms with Crippen molar-refractivity contribution in [3.63, 3.8) is 0 Å². The third-order valence-electron chi connectivity index (χ3n) is 4.31. The molecule has 0 radical (unpaired) electrons. The molecule has 1 aliphatic rings. The van der Waals surface area contributed by atoms with Crippen LogP contribution in [0.25, 0.3) is 10.8 Å². The van der Waals surface area contributed by atoms with E-state index in [2.05, 4.69) is 84.4 Å². The van der Waals surface area contributed by atoms with Crippen molar-refractivity contribution in [2.75, 3.05) is 23.5 Å². The van der Waals surface area contributed by atoms with E-state index < -0.39 is 0 Å². The van der Waals surface area contributed by atoms with E-state index in [1.807, 2.05) is 0 Å². The van der Waals surface area contributed by atoms with Gasteiger partial charge >= 0.3 is 0 Å². The van der Waals surface area contributed by atoms with E-state index in [1.54, 1.807) is 0 Å². The van der Waals surface area contributed by atoms with Gasteiger partial charge in [-0.2, -0.15) is 0 Å². The highest BCUT2D eigenvalue weighted by molar-refractivity contribution is 6.00. The first-order valence-corrected chi connectivity index (χ1v) is 7.32. The molecule has 3 aromatic carbocycles. The van der Waals surface area contributed by atoms with Gasteiger partial charge in [-0.25, -0.2) is 0 Å². The maximum atomic E-state index is 2.42. The number of nitrogens with zero attached hydrogens (tertiary/aromatic N) is 2. The van der Waals surface area contributed by atoms with Crippen LogP contribution in [-0.2, 0) is 0 Å². The van der Waals surface area contributed by atoms with Crippen molar-refractivity contribution in [3.05, 3.63) is 66.2 Å². The van der Waals surface area contributed by atoms with E-state index >= 15 is 0 Å². The van der Waals surface area contributed by atoms with Crippen LogP contribution in [0.3, 0.4) is 0 Å². The zero-order chi connectivity index (χ0) is 14.4. The highest BCUT2D eigenvalue weighted by Crippen LogP contribution is 2.43. The Bertz CT molecular complexity index is 823. The molecule has 2 heteroatoms. The summed E-state index contributed by atoms with van der Waals surface area (Å²) in [6.45, 7) is 3.09. The maximum Gasteiger partial charge on any atom is 0.0950 e. The third-order valence-corrected chi connectivity index (χ3v) is 4.31. The summed E-state index contributed by atoms with van der Waals surface area (Å²) in [5.74, 6) is 0. The predicted molar refractivity (Wildman–Crippen MR) is 90.5 cm³/mol. The lowest BCUT2D eigenvalue weighted by molar-refractivity contribution is 0.949. The highest BCUT2D eigenvalue weighted by atomic mass is 15.4. The first-order valence-electron chi connectivity index (χ1n) is 7.32. The van der Waals surface area contributed by atoms with Gasteiger partial charge in [0.2, 0.25) is 0 Å². The van der Waals surface area contributed by atoms with Crippen LogP contribution < -0.4 is 9.80 Å². The third kappa shape index (κ3) is 1.79. The van der Waals surface area contributed by atoms with Gasteiger partial charge in [-0.15, -0.1) is 0 Å². The van der Waals surface area contributed by atoms with Crippen molar-refractivity contribution in [2.45, 2.75) is 6.92 Å². The SMILES string of the molecule is Cc1ccc2ccccc2c1N1CN(C)c2ccccc21. The molecule has 4 rings (SSSR count). The molecule has 104 valence electrons. The summed E-state index contributed by atoms with van der Waals surface area (Å²) < 4.78 is 0. The lowest BCUT2D eigenvalue weighted by atomic mass is 10.0. The molecule has 3 aromatic rings. The number of anilines is 3. The van der Waals surface area contributed by atoms with Crippen LogP contribution in [0, 0.1) is 6.92 Å². The maximum absolute atomic E-state index is 2.42. The van der Waals surface area contributed by atoms with Crippen LogP contribution in [0.5, 0.6) is 0 Å². The van der Waals surface area contributed by atoms with E-state index in [4.69, 9.17) is 0 Å². The van der Waals surface area contributed by atoms with Gasteiger partial charge < -0.3 is 9.80 Å². The molecule has 0 aliphatic carbocycles. The molecule has 0 amide bonds. The largest absolute Gasteiger partial charge is 0.355 e. The molecule has 1 heterocycles. The average molecular weight is 274 g/mol. The summed E-state index contributed by atoms with van der Waals surface area (Å²) in [5, 5.41) is 2.62. The van der Waals surface area contributed by atoms with Crippen molar-refractivity contribution in [1.82, 2.24) is 0 Å². The molecule has 2 nitrogen and oxygen atoms in total. The molecule has 0 fully saturated rings. The van der Waals surface area contributed by atoms with E-state index in [0.29, 0.717) is 0 Å². The number of benzene rings is 3. The Hall–Kier alpha value is -2.48. The Labute approximate surface area is 125 Å². The second-order valence-electron chi connectivity index (χ2n) is 5.71. The van der Waals surface area contributed by atoms with Gasteiger partial charge in [0.05, 0.1) is 23.7 Å². The minimum Gasteiger partial charge on any atom is -0.355 e. The molecule has 0 atom stereocenters. The Morgan fingerprint density at radius 2 is 1.52 bits per heavy atom. The van der Waals surface area contributed by atoms with Crippen molar-refractivity contribution in [3.8, 4) is 0 Å². The van der Waals surface area contributed by atoms with Gasteiger partial charge in [0.15, 0.2) is 0 Å². The van der Waals surface area contributed by atoms with E-state index in [0.717, 1.165) is 6.67 Å². The van der Waals surface area contributed by atoms with Crippen molar-refractivity contribution in [2.24, 2.45) is 0 Å². The normalized spacial score (nSPS) is 13.8. The van der Waals surface area contributed by atoms with Crippen LogP contribution in [0.2, 0.25) is 0 Å². The van der Waals surface area contributed by atoms with Crippen LogP contribution >= 0.6 is 0 Å². The first-order chi connectivity index (χ1) is 10.3. The number of para-hydroxylation sites is 2. The second-order valence-corrected chi connectivity index (χ2v) is 5.71. The summed E-state index contributed by atoms with van der Waals surface area (Å²) in [4.78, 5) is 4.73. The number of hydrogen-bond donors (Lipinski definition) is 0. The van der Waals surface area contributed by atoms with Gasteiger partial charge in [0.25, 0.3) is 0 Å². The number of rotatable bonds is 1. The molecule has 0 spiro atoms. The van der Waals surface area contributed by atoms with Gasteiger partial charge in [-0.3, -0.25) is 0 Å². The molecule has 0 aromatic heterocycles. The van der Waals surface area contributed by atoms with E-state index in [9.17, 15) is 0 Å². The van der Waals surface area contributed by atoms with Gasteiger partial charge in [0, 0.05) is 12.4 Å². The Morgan fingerprint density at radius 1 is 0.810 bits per heavy atom. The van der Waals surface area contributed by atoms with Crippen LogP contribution in [0.1, 0.15) is 5.56 Å². The van der Waals surface area contributed by atoms with Crippen molar-refractivity contribution >= 4 is 27.8 Å². The molecule has 21 heavy (non-hydrogen) atoms. The molecular weight excluding hydrogens is 256 g/mol. The fraction of sp³-hybridized carbons (Fsp3) is 0.158. The fourth-order valence-corrected chi connectivity index (χ4v) is 3.29. The van der Waals surface area contributed by atoms with Crippen LogP contribution in [-0.4, -0.2) is 13.7 Å². The zero-order valence-electron chi connectivity index (χ0n) is 12.4. The molecule has 0 saturated carbocycles. The van der Waals surface area contributed by atoms with Crippen LogP contribution in [0.15, 0.2) is 60.7 Å². The van der Waals surface area contributed by atoms with Crippen LogP contribution in [0.4, 0.5) is 17.1 Å². The molecule has 1 aliphatic heterocycles. The number of hydrogen-bond acceptors (Lipinski definition) is 2. The summed E-state index contributed by atoms with van der Waals surface area (Å²) >= 11 is 0. The van der Waals surface area contributed by atoms with Crippen molar-refractivity contribution < 1.29 is 0 Å². The van der Waals surface area contributed by atoms with Crippen molar-refractivity contribution in [1.29, 1.82) is 0 Å². The lowest BCUT2D eigenvalue weighted by Crippen LogP contribution is -2.24. The predicted octanol–water partition coefficient (Wildman–Crippen LogP) is 4.69. The first kappa shape index (κ1) is 12.3. The minimum absolute atomic E-state index is 0.897. The van der Waals surface area contributed by atoms with E-state index in [-0.39, 0.29) is 0 Å². The monoisotopic (exact) mass is 274 g/mol. The standard InChI is InChI=1S/C19H18N2/c1-14-11-12-15-7-3-4-8-16(15)19(14)21-13-20(2)17-9-5-6-10-18(17)21/h3-12H,13H2,1-2H3. The van der Waals surface area contributed by atoms with Gasteiger partial charge in [-0.1, -0.05) is 48.5 Å². The quantitative estimate of drug-likeness (QED) is 0.635. The minimum atomic E-state index is 0.897. The topological polar surface area (TPSA) is 6.48 Å². The Kier molecular flexibility index (Phi) is 2.64. The summed E-state index contributed by atoms with van der Waals surface area (Å²) in [7, 11) is 2.15. The Balaban J connectivity index is 1.98. The lowest BCUT2D eigenvalue weighted by Gasteiger charge is -2.23. The summed E-state index contributed by atoms with van der Waals surface area (Å²) in [6.07, 6.45) is 0.